The second-order valence-electron chi connectivity index (χ2n) is 4.67. The number of amides is 1. The van der Waals surface area contributed by atoms with Crippen molar-refractivity contribution >= 4 is 17.3 Å². The maximum absolute atomic E-state index is 12.4. The van der Waals surface area contributed by atoms with E-state index in [1.54, 1.807) is 0 Å². The third-order valence-corrected chi connectivity index (χ3v) is 2.89. The van der Waals surface area contributed by atoms with Crippen molar-refractivity contribution in [2.24, 2.45) is 0 Å². The number of alkyl halides is 3. The molecule has 0 radical (unpaired) electrons. The molecule has 0 unspecified atom stereocenters. The summed E-state index contributed by atoms with van der Waals surface area (Å²) in [7, 11) is 0. The zero-order chi connectivity index (χ0) is 17.7. The molecule has 24 heavy (non-hydrogen) atoms. The minimum Gasteiger partial charge on any atom is -0.484 e. The van der Waals surface area contributed by atoms with Gasteiger partial charge in [-0.2, -0.15) is 13.2 Å². The Morgan fingerprint density at radius 2 is 1.83 bits per heavy atom. The summed E-state index contributed by atoms with van der Waals surface area (Å²) in [6.45, 7) is -0.442. The van der Waals surface area contributed by atoms with Crippen LogP contribution in [0.4, 0.5) is 24.5 Å². The number of rotatable bonds is 5. The molecule has 0 atom stereocenters. The van der Waals surface area contributed by atoms with Gasteiger partial charge in [-0.3, -0.25) is 14.9 Å². The summed E-state index contributed by atoms with van der Waals surface area (Å²) in [5, 5.41) is 13.0. The Bertz CT molecular complexity index is 745. The lowest BCUT2D eigenvalue weighted by molar-refractivity contribution is -0.384. The first-order valence-corrected chi connectivity index (χ1v) is 6.60. The van der Waals surface area contributed by atoms with Gasteiger partial charge in [0.05, 0.1) is 16.6 Å². The second kappa shape index (κ2) is 6.99. The number of hydrogen-bond acceptors (Lipinski definition) is 4. The number of hydrogen-bond donors (Lipinski definition) is 1. The molecule has 2 rings (SSSR count). The van der Waals surface area contributed by atoms with Crippen molar-refractivity contribution in [2.75, 3.05) is 11.9 Å². The van der Waals surface area contributed by atoms with E-state index in [9.17, 15) is 28.1 Å². The molecule has 126 valence electrons. The van der Waals surface area contributed by atoms with E-state index in [-0.39, 0.29) is 17.1 Å². The maximum Gasteiger partial charge on any atom is 0.416 e. The van der Waals surface area contributed by atoms with E-state index < -0.39 is 29.2 Å². The number of ether oxygens (including phenoxy) is 1. The number of nitrogens with zero attached hydrogens (tertiary/aromatic N) is 1. The highest BCUT2D eigenvalue weighted by Gasteiger charge is 2.29. The molecule has 0 aliphatic heterocycles. The summed E-state index contributed by atoms with van der Waals surface area (Å²) in [5.74, 6) is -0.479. The first-order valence-electron chi connectivity index (χ1n) is 6.60. The standard InChI is InChI=1S/C15H11F3N2O4/c16-15(17,18)10-4-6-11(7-5-10)19-14(21)9-24-13-3-1-2-12(8-13)20(22)23/h1-8H,9H2,(H,19,21). The molecular weight excluding hydrogens is 329 g/mol. The lowest BCUT2D eigenvalue weighted by Crippen LogP contribution is -2.20. The van der Waals surface area contributed by atoms with Crippen LogP contribution in [0.25, 0.3) is 0 Å². The molecule has 9 heteroatoms. The molecule has 6 nitrogen and oxygen atoms in total. The lowest BCUT2D eigenvalue weighted by Gasteiger charge is -2.09. The van der Waals surface area contributed by atoms with Crippen LogP contribution >= 0.6 is 0 Å². The summed E-state index contributed by atoms with van der Waals surface area (Å²) in [4.78, 5) is 21.7. The van der Waals surface area contributed by atoms with Gasteiger partial charge in [-0.15, -0.1) is 0 Å². The van der Waals surface area contributed by atoms with E-state index in [0.29, 0.717) is 0 Å². The van der Waals surface area contributed by atoms with Crippen LogP contribution in [0.3, 0.4) is 0 Å². The number of benzene rings is 2. The van der Waals surface area contributed by atoms with Gasteiger partial charge in [-0.25, -0.2) is 0 Å². The molecule has 2 aromatic rings. The van der Waals surface area contributed by atoms with Gasteiger partial charge >= 0.3 is 6.18 Å². The molecule has 0 heterocycles. The predicted molar refractivity (Wildman–Crippen MR) is 78.7 cm³/mol. The Labute approximate surface area is 134 Å². The summed E-state index contributed by atoms with van der Waals surface area (Å²) < 4.78 is 42.4. The molecular formula is C15H11F3N2O4. The van der Waals surface area contributed by atoms with Crippen LogP contribution in [-0.4, -0.2) is 17.4 Å². The summed E-state index contributed by atoms with van der Waals surface area (Å²) in [6, 6.07) is 9.20. The zero-order valence-electron chi connectivity index (χ0n) is 12.0. The number of nitro benzene ring substituents is 1. The number of non-ortho nitro benzene ring substituents is 1. The molecule has 0 spiro atoms. The van der Waals surface area contributed by atoms with Crippen LogP contribution < -0.4 is 10.1 Å². The minimum absolute atomic E-state index is 0.131. The van der Waals surface area contributed by atoms with Crippen LogP contribution in [0.2, 0.25) is 0 Å². The van der Waals surface area contributed by atoms with Crippen LogP contribution in [0, 0.1) is 10.1 Å². The van der Waals surface area contributed by atoms with Crippen molar-refractivity contribution in [3.8, 4) is 5.75 Å². The molecule has 0 saturated heterocycles. The normalized spacial score (nSPS) is 11.0. The highest BCUT2D eigenvalue weighted by Crippen LogP contribution is 2.29. The summed E-state index contributed by atoms with van der Waals surface area (Å²) in [6.07, 6.45) is -4.45. The van der Waals surface area contributed by atoms with E-state index >= 15 is 0 Å². The number of carbonyl (C=O) groups is 1. The predicted octanol–water partition coefficient (Wildman–Crippen LogP) is 3.63. The monoisotopic (exact) mass is 340 g/mol. The average Bonchev–Trinajstić information content (AvgIpc) is 2.53. The topological polar surface area (TPSA) is 81.5 Å². The first kappa shape index (κ1) is 17.3. The molecule has 0 bridgehead atoms. The van der Waals surface area contributed by atoms with Crippen molar-refractivity contribution in [1.29, 1.82) is 0 Å². The number of anilines is 1. The van der Waals surface area contributed by atoms with E-state index in [4.69, 9.17) is 4.74 Å². The number of halogens is 3. The molecule has 0 fully saturated rings. The summed E-state index contributed by atoms with van der Waals surface area (Å²) >= 11 is 0. The third-order valence-electron chi connectivity index (χ3n) is 2.89. The Balaban J connectivity index is 1.92. The van der Waals surface area contributed by atoms with E-state index in [1.807, 2.05) is 0 Å². The van der Waals surface area contributed by atoms with Crippen LogP contribution in [0.15, 0.2) is 48.5 Å². The van der Waals surface area contributed by atoms with Crippen molar-refractivity contribution in [2.45, 2.75) is 6.18 Å². The molecule has 1 amide bonds. The fourth-order valence-corrected chi connectivity index (χ4v) is 1.78. The quantitative estimate of drug-likeness (QED) is 0.666. The van der Waals surface area contributed by atoms with E-state index in [1.165, 1.54) is 18.2 Å². The fraction of sp³-hybridized carbons (Fsp3) is 0.133. The van der Waals surface area contributed by atoms with Gasteiger partial charge in [0, 0.05) is 11.8 Å². The van der Waals surface area contributed by atoms with Crippen molar-refractivity contribution < 1.29 is 27.6 Å². The number of nitro groups is 1. The maximum atomic E-state index is 12.4. The number of nitrogens with one attached hydrogen (secondary N) is 1. The Kier molecular flexibility index (Phi) is 5.02. The van der Waals surface area contributed by atoms with Gasteiger partial charge in [-0.1, -0.05) is 6.07 Å². The van der Waals surface area contributed by atoms with E-state index in [2.05, 4.69) is 5.32 Å². The summed E-state index contributed by atoms with van der Waals surface area (Å²) in [5.41, 5.74) is -0.834. The highest BCUT2D eigenvalue weighted by molar-refractivity contribution is 5.91. The van der Waals surface area contributed by atoms with Crippen LogP contribution in [0.5, 0.6) is 5.75 Å². The van der Waals surface area contributed by atoms with Gasteiger partial charge in [0.2, 0.25) is 0 Å². The molecule has 1 N–H and O–H groups in total. The smallest absolute Gasteiger partial charge is 0.416 e. The van der Waals surface area contributed by atoms with Crippen LogP contribution in [0.1, 0.15) is 5.56 Å². The Morgan fingerprint density at radius 1 is 1.17 bits per heavy atom. The molecule has 0 aliphatic rings. The molecule has 0 saturated carbocycles. The zero-order valence-corrected chi connectivity index (χ0v) is 12.0. The van der Waals surface area contributed by atoms with Crippen molar-refractivity contribution in [3.63, 3.8) is 0 Å². The van der Waals surface area contributed by atoms with E-state index in [0.717, 1.165) is 30.3 Å². The van der Waals surface area contributed by atoms with Gasteiger partial charge in [0.15, 0.2) is 6.61 Å². The van der Waals surface area contributed by atoms with Crippen molar-refractivity contribution in [1.82, 2.24) is 0 Å². The average molecular weight is 340 g/mol. The van der Waals surface area contributed by atoms with Gasteiger partial charge < -0.3 is 10.1 Å². The molecule has 0 aromatic heterocycles. The lowest BCUT2D eigenvalue weighted by atomic mass is 10.2. The largest absolute Gasteiger partial charge is 0.484 e. The molecule has 2 aromatic carbocycles. The number of carbonyl (C=O) groups excluding carboxylic acids is 1. The SMILES string of the molecule is O=C(COc1cccc([N+](=O)[O-])c1)Nc1ccc(C(F)(F)F)cc1. The van der Waals surface area contributed by atoms with Crippen LogP contribution in [-0.2, 0) is 11.0 Å². The van der Waals surface area contributed by atoms with Gasteiger partial charge in [-0.05, 0) is 30.3 Å². The fourth-order valence-electron chi connectivity index (χ4n) is 1.78. The van der Waals surface area contributed by atoms with Crippen molar-refractivity contribution in [3.05, 3.63) is 64.2 Å². The minimum atomic E-state index is -4.45. The second-order valence-corrected chi connectivity index (χ2v) is 4.67. The first-order chi connectivity index (χ1) is 11.3. The Hall–Kier alpha value is -3.10. The van der Waals surface area contributed by atoms with Gasteiger partial charge in [0.1, 0.15) is 5.75 Å². The molecule has 0 aliphatic carbocycles. The highest BCUT2D eigenvalue weighted by atomic mass is 19.4. The Morgan fingerprint density at radius 3 is 2.42 bits per heavy atom. The van der Waals surface area contributed by atoms with Gasteiger partial charge in [0.25, 0.3) is 11.6 Å². The third kappa shape index (κ3) is 4.70.